The Labute approximate surface area is 294 Å². The fourth-order valence-corrected chi connectivity index (χ4v) is 8.32. The van der Waals surface area contributed by atoms with Gasteiger partial charge in [-0.1, -0.05) is 59.5 Å². The molecule has 4 heterocycles. The van der Waals surface area contributed by atoms with Crippen LogP contribution in [0.15, 0.2) is 48.7 Å². The van der Waals surface area contributed by atoms with Crippen molar-refractivity contribution in [2.45, 2.75) is 70.2 Å². The Kier molecular flexibility index (Phi) is 9.11. The molecule has 1 amide bonds. The number of hydrogen-bond acceptors (Lipinski definition) is 6. The van der Waals surface area contributed by atoms with Gasteiger partial charge in [-0.25, -0.2) is 9.37 Å². The highest BCUT2D eigenvalue weighted by Gasteiger charge is 2.35. The van der Waals surface area contributed by atoms with Gasteiger partial charge in [-0.2, -0.15) is 10.4 Å². The molecular weight excluding hydrogens is 662 g/mol. The molecule has 2 aliphatic heterocycles. The van der Waals surface area contributed by atoms with Gasteiger partial charge in [-0.15, -0.1) is 0 Å². The van der Waals surface area contributed by atoms with Gasteiger partial charge in [0.2, 0.25) is 5.88 Å². The van der Waals surface area contributed by atoms with Gasteiger partial charge in [0.25, 0.3) is 5.91 Å². The van der Waals surface area contributed by atoms with Crippen molar-refractivity contribution in [2.75, 3.05) is 20.1 Å². The van der Waals surface area contributed by atoms with E-state index in [1.54, 1.807) is 30.2 Å². The number of fused-ring (bicyclic) bond motifs is 4. The molecule has 1 unspecified atom stereocenters. The van der Waals surface area contributed by atoms with E-state index in [0.29, 0.717) is 57.5 Å². The van der Waals surface area contributed by atoms with Crippen LogP contribution in [0.5, 0.6) is 5.88 Å². The Morgan fingerprint density at radius 1 is 1.14 bits per heavy atom. The third-order valence-corrected chi connectivity index (χ3v) is 10.7. The van der Waals surface area contributed by atoms with E-state index < -0.39 is 5.82 Å². The number of benzene rings is 3. The van der Waals surface area contributed by atoms with Crippen LogP contribution in [0.2, 0.25) is 10.0 Å². The van der Waals surface area contributed by atoms with Gasteiger partial charge < -0.3 is 9.64 Å². The van der Waals surface area contributed by atoms with Crippen molar-refractivity contribution in [3.8, 4) is 34.9 Å². The SMILES string of the molecule is CC#CC(=O)N1CC[C@H](n2ncc3c(OC(C)[C@@H]4CCCN4C)nc4c(F)c(-c5cccc6cccc(Cl)c56)c(Cl)cc4c32)C[C@H]1CC#N. The van der Waals surface area contributed by atoms with Gasteiger partial charge in [0.1, 0.15) is 11.6 Å². The molecule has 0 radical (unpaired) electrons. The number of likely N-dealkylation sites (N-methyl/N-ethyl adjacent to an activating group) is 1. The maximum Gasteiger partial charge on any atom is 0.298 e. The van der Waals surface area contributed by atoms with Crippen LogP contribution < -0.4 is 4.74 Å². The number of hydrogen-bond donors (Lipinski definition) is 0. The molecule has 2 saturated heterocycles. The predicted molar refractivity (Wildman–Crippen MR) is 191 cm³/mol. The maximum atomic E-state index is 17.2. The number of pyridine rings is 1. The lowest BCUT2D eigenvalue weighted by molar-refractivity contribution is -0.129. The molecule has 7 rings (SSSR count). The Morgan fingerprint density at radius 2 is 1.94 bits per heavy atom. The van der Waals surface area contributed by atoms with Crippen LogP contribution in [0.1, 0.15) is 52.0 Å². The number of nitrogens with zero attached hydrogens (tertiary/aromatic N) is 6. The van der Waals surface area contributed by atoms with E-state index in [-0.39, 0.29) is 52.7 Å². The summed E-state index contributed by atoms with van der Waals surface area (Å²) < 4.78 is 25.6. The third-order valence-electron chi connectivity index (χ3n) is 10.1. The summed E-state index contributed by atoms with van der Waals surface area (Å²) in [5.74, 6) is 4.71. The van der Waals surface area contributed by atoms with Crippen molar-refractivity contribution in [3.63, 3.8) is 0 Å². The minimum atomic E-state index is -0.582. The highest BCUT2D eigenvalue weighted by atomic mass is 35.5. The van der Waals surface area contributed by atoms with Crippen molar-refractivity contribution in [1.29, 1.82) is 5.26 Å². The van der Waals surface area contributed by atoms with E-state index in [0.717, 1.165) is 24.8 Å². The second-order valence-electron chi connectivity index (χ2n) is 12.9. The molecule has 2 aliphatic rings. The Hall–Kier alpha value is -4.41. The maximum absolute atomic E-state index is 17.2. The fraction of sp³-hybridized carbons (Fsp3) is 0.368. The number of halogens is 3. The molecule has 0 spiro atoms. The molecular formula is C38H35Cl2FN6O2. The topological polar surface area (TPSA) is 87.3 Å². The number of piperidine rings is 1. The van der Waals surface area contributed by atoms with Gasteiger partial charge in [-0.05, 0) is 82.1 Å². The van der Waals surface area contributed by atoms with Crippen LogP contribution in [0.25, 0.3) is 43.7 Å². The van der Waals surface area contributed by atoms with E-state index >= 15 is 4.39 Å². The van der Waals surface area contributed by atoms with Gasteiger partial charge in [0.05, 0.1) is 40.7 Å². The molecule has 0 bridgehead atoms. The van der Waals surface area contributed by atoms with E-state index in [1.165, 1.54) is 0 Å². The first kappa shape index (κ1) is 33.1. The Balaban J connectivity index is 1.42. The first-order valence-electron chi connectivity index (χ1n) is 16.6. The number of rotatable bonds is 6. The van der Waals surface area contributed by atoms with Crippen molar-refractivity contribution in [2.24, 2.45) is 0 Å². The number of aromatic nitrogens is 3. The van der Waals surface area contributed by atoms with E-state index in [2.05, 4.69) is 29.9 Å². The number of amides is 1. The largest absolute Gasteiger partial charge is 0.472 e. The first-order valence-corrected chi connectivity index (χ1v) is 17.3. The lowest BCUT2D eigenvalue weighted by atomic mass is 9.94. The van der Waals surface area contributed by atoms with Crippen LogP contribution in [0.4, 0.5) is 4.39 Å². The molecule has 11 heteroatoms. The summed E-state index contributed by atoms with van der Waals surface area (Å²) in [5.41, 5.74) is 1.53. The quantitative estimate of drug-likeness (QED) is 0.167. The van der Waals surface area contributed by atoms with Gasteiger partial charge in [0.15, 0.2) is 5.82 Å². The standard InChI is InChI=1S/C38H35Cl2FN6O2/c1-4-8-32(48)46-18-15-25(19-24(46)14-16-42)47-37-27-20-30(40)34(26-11-5-9-23-10-6-12-29(39)33(23)26)35(41)36(27)44-38(28(37)21-43-47)49-22(2)31-13-7-17-45(31)3/h5-6,9-12,20-22,24-25,31H,7,13-15,17-19H2,1-3H3/t22?,24-,25+,31+/m1/s1. The number of ether oxygens (including phenoxy) is 1. The van der Waals surface area contributed by atoms with Gasteiger partial charge in [0, 0.05) is 40.0 Å². The first-order chi connectivity index (χ1) is 23.7. The summed E-state index contributed by atoms with van der Waals surface area (Å²) in [6.07, 6.45) is 4.77. The molecule has 0 aliphatic carbocycles. The molecule has 5 aromatic rings. The van der Waals surface area contributed by atoms with E-state index in [9.17, 15) is 10.1 Å². The predicted octanol–water partition coefficient (Wildman–Crippen LogP) is 8.18. The average Bonchev–Trinajstić information content (AvgIpc) is 3.73. The molecule has 0 N–H and O–H groups in total. The van der Waals surface area contributed by atoms with Crippen molar-refractivity contribution in [3.05, 3.63) is 64.5 Å². The average molecular weight is 698 g/mol. The van der Waals surface area contributed by atoms with Crippen LogP contribution in [-0.4, -0.2) is 68.8 Å². The van der Waals surface area contributed by atoms with E-state index in [4.69, 9.17) is 38.0 Å². The highest BCUT2D eigenvalue weighted by molar-refractivity contribution is 6.38. The second kappa shape index (κ2) is 13.5. The summed E-state index contributed by atoms with van der Waals surface area (Å²) in [7, 11) is 2.09. The Morgan fingerprint density at radius 3 is 2.67 bits per heavy atom. The minimum Gasteiger partial charge on any atom is -0.472 e. The van der Waals surface area contributed by atoms with Crippen LogP contribution in [-0.2, 0) is 4.79 Å². The number of carbonyl (C=O) groups excluding carboxylic acids is 1. The Bertz CT molecular complexity index is 2210. The number of carbonyl (C=O) groups is 1. The van der Waals surface area contributed by atoms with Crippen molar-refractivity contribution >= 4 is 61.7 Å². The number of nitriles is 1. The zero-order valence-corrected chi connectivity index (χ0v) is 29.0. The minimum absolute atomic E-state index is 0.110. The third kappa shape index (κ3) is 5.84. The lowest BCUT2D eigenvalue weighted by Gasteiger charge is -2.37. The molecule has 4 atom stereocenters. The molecule has 250 valence electrons. The fourth-order valence-electron chi connectivity index (χ4n) is 7.75. The monoisotopic (exact) mass is 696 g/mol. The van der Waals surface area contributed by atoms with Crippen LogP contribution in [0, 0.1) is 29.0 Å². The molecule has 8 nitrogen and oxygen atoms in total. The molecule has 0 saturated carbocycles. The van der Waals surface area contributed by atoms with E-state index in [1.807, 2.05) is 41.9 Å². The summed E-state index contributed by atoms with van der Waals surface area (Å²) in [6, 6.07) is 14.8. The zero-order valence-electron chi connectivity index (χ0n) is 27.5. The molecule has 49 heavy (non-hydrogen) atoms. The summed E-state index contributed by atoms with van der Waals surface area (Å²) in [4.78, 5) is 21.6. The van der Waals surface area contributed by atoms with Gasteiger partial charge >= 0.3 is 0 Å². The van der Waals surface area contributed by atoms with Crippen LogP contribution >= 0.6 is 23.2 Å². The lowest BCUT2D eigenvalue weighted by Crippen LogP contribution is -2.46. The number of likely N-dealkylation sites (tertiary alicyclic amines) is 2. The smallest absolute Gasteiger partial charge is 0.298 e. The molecule has 2 fully saturated rings. The summed E-state index contributed by atoms with van der Waals surface area (Å²) in [6.45, 7) is 5.03. The summed E-state index contributed by atoms with van der Waals surface area (Å²) >= 11 is 13.7. The second-order valence-corrected chi connectivity index (χ2v) is 13.8. The normalized spacial score (nSPS) is 20.3. The summed E-state index contributed by atoms with van der Waals surface area (Å²) in [5, 5.41) is 17.9. The van der Waals surface area contributed by atoms with Crippen molar-refractivity contribution in [1.82, 2.24) is 24.6 Å². The van der Waals surface area contributed by atoms with Gasteiger partial charge in [-0.3, -0.25) is 14.4 Å². The zero-order chi connectivity index (χ0) is 34.4. The van der Waals surface area contributed by atoms with Crippen molar-refractivity contribution < 1.29 is 13.9 Å². The highest BCUT2D eigenvalue weighted by Crippen LogP contribution is 2.44. The molecule has 3 aromatic carbocycles. The van der Waals surface area contributed by atoms with Crippen LogP contribution in [0.3, 0.4) is 0 Å². The molecule has 2 aromatic heterocycles.